The molecule has 0 unspecified atom stereocenters. The van der Waals surface area contributed by atoms with Gasteiger partial charge in [-0.25, -0.2) is 4.57 Å². The second-order valence-electron chi connectivity index (χ2n) is 5.03. The maximum atomic E-state index is 10.6. The van der Waals surface area contributed by atoms with E-state index in [0.29, 0.717) is 19.3 Å². The van der Waals surface area contributed by atoms with Crippen molar-refractivity contribution < 1.29 is 23.7 Å². The summed E-state index contributed by atoms with van der Waals surface area (Å²) in [4.78, 5) is 27.6. The van der Waals surface area contributed by atoms with E-state index in [-0.39, 0.29) is 12.5 Å². The highest BCUT2D eigenvalue weighted by atomic mass is 31.2. The Morgan fingerprint density at radius 3 is 2.73 bits per heavy atom. The molecule has 1 amide bonds. The van der Waals surface area contributed by atoms with Crippen LogP contribution in [-0.2, 0) is 26.8 Å². The lowest BCUT2D eigenvalue weighted by atomic mass is 10.2. The van der Waals surface area contributed by atoms with Gasteiger partial charge >= 0.3 is 7.82 Å². The van der Waals surface area contributed by atoms with Crippen molar-refractivity contribution in [2.75, 3.05) is 6.61 Å². The molecule has 0 radical (unpaired) electrons. The summed E-state index contributed by atoms with van der Waals surface area (Å²) in [7, 11) is -4.36. The first kappa shape index (κ1) is 18.8. The summed E-state index contributed by atoms with van der Waals surface area (Å²) in [5.74, 6) is -0.272. The normalized spacial score (nSPS) is 11.7. The van der Waals surface area contributed by atoms with Crippen LogP contribution in [-0.4, -0.2) is 37.3 Å². The highest BCUT2D eigenvalue weighted by Gasteiger charge is 2.12. The average Bonchev–Trinajstić information content (AvgIpc) is 2.84. The number of nitrogens with two attached hydrogens (primary N) is 1. The largest absolute Gasteiger partial charge is 0.469 e. The highest BCUT2D eigenvalue weighted by molar-refractivity contribution is 7.46. The number of carbonyl (C=O) groups excluding carboxylic acids is 1. The number of unbranched alkanes of at least 4 members (excludes halogenated alkanes) is 3. The third-order valence-electron chi connectivity index (χ3n) is 2.98. The predicted octanol–water partition coefficient (Wildman–Crippen LogP) is 0.756. The quantitative estimate of drug-likeness (QED) is 0.378. The van der Waals surface area contributed by atoms with Gasteiger partial charge in [0.2, 0.25) is 5.91 Å². The minimum atomic E-state index is -4.36. The SMILES string of the molecule is NC(=O)CCCCCn1cc(CCCCOP(=O)(O)O)nn1. The molecule has 10 heteroatoms. The number of phosphoric ester groups is 1. The predicted molar refractivity (Wildman–Crippen MR) is 78.6 cm³/mol. The number of carbonyl (C=O) groups is 1. The van der Waals surface area contributed by atoms with Crippen molar-refractivity contribution in [3.8, 4) is 0 Å². The fraction of sp³-hybridized carbons (Fsp3) is 0.750. The van der Waals surface area contributed by atoms with E-state index in [1.165, 1.54) is 0 Å². The lowest BCUT2D eigenvalue weighted by Gasteiger charge is -2.03. The smallest absolute Gasteiger partial charge is 0.370 e. The van der Waals surface area contributed by atoms with Crippen LogP contribution in [0.3, 0.4) is 0 Å². The summed E-state index contributed by atoms with van der Waals surface area (Å²) >= 11 is 0. The highest BCUT2D eigenvalue weighted by Crippen LogP contribution is 2.35. The van der Waals surface area contributed by atoms with Crippen LogP contribution >= 0.6 is 7.82 Å². The van der Waals surface area contributed by atoms with Crippen molar-refractivity contribution in [1.29, 1.82) is 0 Å². The van der Waals surface area contributed by atoms with Gasteiger partial charge in [0.1, 0.15) is 0 Å². The second kappa shape index (κ2) is 9.68. The Hall–Kier alpha value is -1.28. The van der Waals surface area contributed by atoms with Crippen molar-refractivity contribution in [3.63, 3.8) is 0 Å². The lowest BCUT2D eigenvalue weighted by Crippen LogP contribution is -2.09. The van der Waals surface area contributed by atoms with E-state index >= 15 is 0 Å². The van der Waals surface area contributed by atoms with Crippen LogP contribution in [0.2, 0.25) is 0 Å². The fourth-order valence-electron chi connectivity index (χ4n) is 1.90. The van der Waals surface area contributed by atoms with Crippen LogP contribution < -0.4 is 5.73 Å². The third kappa shape index (κ3) is 9.62. The number of hydrogen-bond donors (Lipinski definition) is 3. The van der Waals surface area contributed by atoms with Crippen molar-refractivity contribution >= 4 is 13.7 Å². The molecule has 0 bridgehead atoms. The standard InChI is InChI=1S/C12H23N4O5P/c13-12(17)7-2-1-4-8-16-10-11(14-15-16)6-3-5-9-21-22(18,19)20/h10H,1-9H2,(H2,13,17)(H2,18,19,20). The summed E-state index contributed by atoms with van der Waals surface area (Å²) in [6, 6.07) is 0. The number of phosphoric acid groups is 1. The molecule has 0 saturated heterocycles. The Bertz CT molecular complexity index is 501. The molecule has 0 aliphatic heterocycles. The van der Waals surface area contributed by atoms with E-state index in [1.807, 2.05) is 6.20 Å². The molecule has 4 N–H and O–H groups in total. The zero-order valence-corrected chi connectivity index (χ0v) is 13.3. The van der Waals surface area contributed by atoms with E-state index in [9.17, 15) is 9.36 Å². The second-order valence-corrected chi connectivity index (χ2v) is 6.27. The number of amides is 1. The molecule has 1 aromatic rings. The van der Waals surface area contributed by atoms with Gasteiger partial charge in [-0.2, -0.15) is 0 Å². The molecule has 0 saturated carbocycles. The molecule has 9 nitrogen and oxygen atoms in total. The molecule has 0 aliphatic rings. The molecule has 0 fully saturated rings. The van der Waals surface area contributed by atoms with Crippen molar-refractivity contribution in [3.05, 3.63) is 11.9 Å². The number of aromatic nitrogens is 3. The first-order valence-corrected chi connectivity index (χ1v) is 8.77. The fourth-order valence-corrected chi connectivity index (χ4v) is 2.27. The zero-order valence-electron chi connectivity index (χ0n) is 12.4. The molecule has 1 aromatic heterocycles. The first-order chi connectivity index (χ1) is 10.4. The molecule has 0 aromatic carbocycles. The molecule has 0 atom stereocenters. The van der Waals surface area contributed by atoms with Gasteiger partial charge in [-0.05, 0) is 32.1 Å². The van der Waals surface area contributed by atoms with Gasteiger partial charge in [0.05, 0.1) is 12.3 Å². The van der Waals surface area contributed by atoms with Crippen LogP contribution in [0.25, 0.3) is 0 Å². The average molecular weight is 334 g/mol. The topological polar surface area (TPSA) is 141 Å². The van der Waals surface area contributed by atoms with Gasteiger partial charge in [-0.1, -0.05) is 11.6 Å². The van der Waals surface area contributed by atoms with Crippen molar-refractivity contribution in [2.24, 2.45) is 5.73 Å². The number of nitrogens with zero attached hydrogens (tertiary/aromatic N) is 3. The number of hydrogen-bond acceptors (Lipinski definition) is 5. The van der Waals surface area contributed by atoms with Gasteiger partial charge < -0.3 is 15.5 Å². The van der Waals surface area contributed by atoms with Crippen LogP contribution in [0.5, 0.6) is 0 Å². The van der Waals surface area contributed by atoms with Crippen molar-refractivity contribution in [2.45, 2.75) is 51.5 Å². The summed E-state index contributed by atoms with van der Waals surface area (Å²) in [5.41, 5.74) is 5.90. The lowest BCUT2D eigenvalue weighted by molar-refractivity contribution is -0.118. The van der Waals surface area contributed by atoms with Crippen molar-refractivity contribution in [1.82, 2.24) is 15.0 Å². The molecule has 22 heavy (non-hydrogen) atoms. The number of primary amides is 1. The number of rotatable bonds is 12. The zero-order chi connectivity index (χ0) is 16.4. The maximum absolute atomic E-state index is 10.6. The minimum Gasteiger partial charge on any atom is -0.370 e. The Balaban J connectivity index is 2.11. The van der Waals surface area contributed by atoms with Gasteiger partial charge in [0.25, 0.3) is 0 Å². The summed E-state index contributed by atoms with van der Waals surface area (Å²) in [6.07, 6.45) is 6.84. The summed E-state index contributed by atoms with van der Waals surface area (Å²) in [6.45, 7) is 0.769. The summed E-state index contributed by atoms with van der Waals surface area (Å²) in [5, 5.41) is 8.04. The molecular weight excluding hydrogens is 311 g/mol. The molecule has 1 rings (SSSR count). The van der Waals surface area contributed by atoms with Gasteiger partial charge in [-0.3, -0.25) is 14.0 Å². The van der Waals surface area contributed by atoms with E-state index in [2.05, 4.69) is 14.8 Å². The van der Waals surface area contributed by atoms with E-state index < -0.39 is 7.82 Å². The van der Waals surface area contributed by atoms with Crippen LogP contribution in [0.4, 0.5) is 0 Å². The van der Waals surface area contributed by atoms with Gasteiger partial charge in [0, 0.05) is 19.2 Å². The Kier molecular flexibility index (Phi) is 8.26. The Labute approximate surface area is 129 Å². The Morgan fingerprint density at radius 2 is 2.05 bits per heavy atom. The molecule has 0 aliphatic carbocycles. The molecule has 0 spiro atoms. The Morgan fingerprint density at radius 1 is 1.27 bits per heavy atom. The van der Waals surface area contributed by atoms with E-state index in [1.54, 1.807) is 4.68 Å². The van der Waals surface area contributed by atoms with Crippen LogP contribution in [0.1, 0.15) is 44.2 Å². The van der Waals surface area contributed by atoms with Gasteiger partial charge in [-0.15, -0.1) is 5.10 Å². The van der Waals surface area contributed by atoms with Crippen LogP contribution in [0.15, 0.2) is 6.20 Å². The van der Waals surface area contributed by atoms with Crippen LogP contribution in [0, 0.1) is 0 Å². The third-order valence-corrected chi connectivity index (χ3v) is 3.50. The minimum absolute atomic E-state index is 0.0261. The molecule has 1 heterocycles. The molecule has 126 valence electrons. The van der Waals surface area contributed by atoms with Gasteiger partial charge in [0.15, 0.2) is 0 Å². The monoisotopic (exact) mass is 334 g/mol. The molecular formula is C12H23N4O5P. The summed E-state index contributed by atoms with van der Waals surface area (Å²) < 4.78 is 16.6. The maximum Gasteiger partial charge on any atom is 0.469 e. The number of aryl methyl sites for hydroxylation is 2. The van der Waals surface area contributed by atoms with E-state index in [4.69, 9.17) is 15.5 Å². The first-order valence-electron chi connectivity index (χ1n) is 7.24. The van der Waals surface area contributed by atoms with E-state index in [0.717, 1.165) is 37.9 Å².